The molecule has 0 amide bonds. The monoisotopic (exact) mass is 328 g/mol. The number of carbonyl (C=O) groups is 2. The number of nitrogens with two attached hydrogens (primary N) is 2. The molecule has 0 bridgehead atoms. The first-order valence-electron chi connectivity index (χ1n) is 7.48. The predicted octanol–water partition coefficient (Wildman–Crippen LogP) is 2.67. The van der Waals surface area contributed by atoms with Crippen molar-refractivity contribution < 1.29 is 19.4 Å². The lowest BCUT2D eigenvalue weighted by molar-refractivity contribution is -0.139. The number of nitrogen functional groups attached to an aromatic ring is 2. The fraction of sp³-hybridized carbons (Fsp3) is 0.222. The van der Waals surface area contributed by atoms with Crippen LogP contribution < -0.4 is 16.2 Å². The Morgan fingerprint density at radius 2 is 1.71 bits per heavy atom. The minimum atomic E-state index is -1.15. The van der Waals surface area contributed by atoms with Crippen LogP contribution in [0, 0.1) is 0 Å². The Bertz CT molecular complexity index is 767. The third-order valence-electron chi connectivity index (χ3n) is 3.66. The van der Waals surface area contributed by atoms with Crippen LogP contribution in [0.5, 0.6) is 5.75 Å². The molecule has 6 heteroatoms. The van der Waals surface area contributed by atoms with Gasteiger partial charge in [0.05, 0.1) is 16.9 Å². The van der Waals surface area contributed by atoms with Crippen LogP contribution in [-0.4, -0.2) is 23.5 Å². The van der Waals surface area contributed by atoms with Gasteiger partial charge in [-0.15, -0.1) is 0 Å². The number of aliphatic carboxylic acids is 1. The molecule has 6 nitrogen and oxygen atoms in total. The highest BCUT2D eigenvalue weighted by Gasteiger charge is 2.20. The Kier molecular flexibility index (Phi) is 5.08. The van der Waals surface area contributed by atoms with Crippen LogP contribution >= 0.6 is 0 Å². The zero-order valence-corrected chi connectivity index (χ0v) is 13.6. The molecule has 0 aliphatic heterocycles. The van der Waals surface area contributed by atoms with Crippen LogP contribution in [0.1, 0.15) is 41.3 Å². The second kappa shape index (κ2) is 7.04. The maximum atomic E-state index is 12.8. The Morgan fingerprint density at radius 3 is 2.25 bits per heavy atom. The summed E-state index contributed by atoms with van der Waals surface area (Å²) in [5, 5.41) is 8.76. The zero-order valence-electron chi connectivity index (χ0n) is 13.6. The lowest BCUT2D eigenvalue weighted by Crippen LogP contribution is -2.14. The maximum absolute atomic E-state index is 12.8. The van der Waals surface area contributed by atoms with Crippen molar-refractivity contribution >= 4 is 23.1 Å². The summed E-state index contributed by atoms with van der Waals surface area (Å²) in [5.41, 5.74) is 13.6. The number of carboxylic acids is 1. The summed E-state index contributed by atoms with van der Waals surface area (Å²) < 4.78 is 5.18. The number of carboxylic acid groups (broad SMARTS) is 1. The van der Waals surface area contributed by atoms with Gasteiger partial charge in [-0.05, 0) is 23.6 Å². The molecule has 0 atom stereocenters. The molecule has 0 unspecified atom stereocenters. The van der Waals surface area contributed by atoms with E-state index in [9.17, 15) is 9.59 Å². The second-order valence-electron chi connectivity index (χ2n) is 5.73. The fourth-order valence-corrected chi connectivity index (χ4v) is 2.27. The van der Waals surface area contributed by atoms with Crippen molar-refractivity contribution in [3.63, 3.8) is 0 Å². The van der Waals surface area contributed by atoms with Gasteiger partial charge < -0.3 is 21.3 Å². The summed E-state index contributed by atoms with van der Waals surface area (Å²) in [6, 6.07) is 10.1. The lowest BCUT2D eigenvalue weighted by Gasteiger charge is -2.14. The van der Waals surface area contributed by atoms with Crippen LogP contribution in [0.4, 0.5) is 11.4 Å². The van der Waals surface area contributed by atoms with Gasteiger partial charge in [-0.25, -0.2) is 4.79 Å². The molecule has 2 aromatic carbocycles. The average Bonchev–Trinajstić information content (AvgIpc) is 2.55. The van der Waals surface area contributed by atoms with Crippen molar-refractivity contribution in [1.29, 1.82) is 0 Å². The van der Waals surface area contributed by atoms with Crippen LogP contribution in [0.2, 0.25) is 0 Å². The third kappa shape index (κ3) is 3.65. The van der Waals surface area contributed by atoms with Crippen molar-refractivity contribution in [2.45, 2.75) is 19.8 Å². The standard InChI is InChI=1S/C18H20N2O4/c1-10(2)11-3-5-12(6-4-11)18(23)16-14(24-9-15(21)22)8-7-13(19)17(16)20/h3-8,10H,9,19-20H2,1-2H3,(H,21,22). The first kappa shape index (κ1) is 17.3. The van der Waals surface area contributed by atoms with E-state index in [0.717, 1.165) is 5.56 Å². The largest absolute Gasteiger partial charge is 0.481 e. The summed E-state index contributed by atoms with van der Waals surface area (Å²) in [6.45, 7) is 3.55. The highest BCUT2D eigenvalue weighted by Crippen LogP contribution is 2.32. The molecule has 0 radical (unpaired) electrons. The van der Waals surface area contributed by atoms with Crippen LogP contribution in [-0.2, 0) is 4.79 Å². The van der Waals surface area contributed by atoms with Gasteiger partial charge in [0.2, 0.25) is 0 Å². The number of hydrogen-bond donors (Lipinski definition) is 3. The molecule has 0 aliphatic carbocycles. The third-order valence-corrected chi connectivity index (χ3v) is 3.66. The highest BCUT2D eigenvalue weighted by molar-refractivity contribution is 6.15. The summed E-state index contributed by atoms with van der Waals surface area (Å²) in [5.74, 6) is -1.07. The van der Waals surface area contributed by atoms with E-state index in [2.05, 4.69) is 13.8 Å². The Labute approximate surface area is 140 Å². The topological polar surface area (TPSA) is 116 Å². The number of ether oxygens (including phenoxy) is 1. The molecule has 2 rings (SSSR count). The normalized spacial score (nSPS) is 10.6. The van der Waals surface area contributed by atoms with Crippen LogP contribution in [0.3, 0.4) is 0 Å². The molecule has 0 aromatic heterocycles. The van der Waals surface area contributed by atoms with Gasteiger partial charge in [-0.2, -0.15) is 0 Å². The van der Waals surface area contributed by atoms with Crippen LogP contribution in [0.15, 0.2) is 36.4 Å². The van der Waals surface area contributed by atoms with E-state index in [4.69, 9.17) is 21.3 Å². The van der Waals surface area contributed by atoms with Gasteiger partial charge in [0, 0.05) is 5.56 Å². The molecule has 0 aliphatic rings. The summed E-state index contributed by atoms with van der Waals surface area (Å²) in [6.07, 6.45) is 0. The van der Waals surface area contributed by atoms with E-state index in [0.29, 0.717) is 11.5 Å². The second-order valence-corrected chi connectivity index (χ2v) is 5.73. The highest BCUT2D eigenvalue weighted by atomic mass is 16.5. The minimum Gasteiger partial charge on any atom is -0.481 e. The summed E-state index contributed by atoms with van der Waals surface area (Å²) in [7, 11) is 0. The predicted molar refractivity (Wildman–Crippen MR) is 92.4 cm³/mol. The molecule has 0 spiro atoms. The Balaban J connectivity index is 2.43. The number of carbonyl (C=O) groups excluding carboxylic acids is 1. The molecular formula is C18H20N2O4. The van der Waals surface area contributed by atoms with Gasteiger partial charge in [0.25, 0.3) is 0 Å². The molecule has 2 aromatic rings. The zero-order chi connectivity index (χ0) is 17.9. The van der Waals surface area contributed by atoms with Crippen molar-refractivity contribution in [3.05, 3.63) is 53.1 Å². The average molecular weight is 328 g/mol. The minimum absolute atomic E-state index is 0.0774. The number of anilines is 2. The van der Waals surface area contributed by atoms with E-state index in [1.807, 2.05) is 12.1 Å². The van der Waals surface area contributed by atoms with Gasteiger partial charge in [0.15, 0.2) is 12.4 Å². The summed E-state index contributed by atoms with van der Waals surface area (Å²) >= 11 is 0. The molecule has 24 heavy (non-hydrogen) atoms. The SMILES string of the molecule is CC(C)c1ccc(C(=O)c2c(OCC(=O)O)ccc(N)c2N)cc1. The molecule has 126 valence electrons. The van der Waals surface area contributed by atoms with Crippen molar-refractivity contribution in [2.75, 3.05) is 18.1 Å². The Morgan fingerprint density at radius 1 is 1.08 bits per heavy atom. The number of hydrogen-bond acceptors (Lipinski definition) is 5. The van der Waals surface area contributed by atoms with Gasteiger partial charge >= 0.3 is 5.97 Å². The Hall–Kier alpha value is -3.02. The van der Waals surface area contributed by atoms with Gasteiger partial charge in [-0.3, -0.25) is 4.79 Å². The number of benzene rings is 2. The smallest absolute Gasteiger partial charge is 0.341 e. The molecule has 0 heterocycles. The lowest BCUT2D eigenvalue weighted by atomic mass is 9.96. The fourth-order valence-electron chi connectivity index (χ4n) is 2.27. The van der Waals surface area contributed by atoms with E-state index < -0.39 is 12.6 Å². The van der Waals surface area contributed by atoms with Crippen LogP contribution in [0.25, 0.3) is 0 Å². The molecule has 5 N–H and O–H groups in total. The van der Waals surface area contributed by atoms with Gasteiger partial charge in [0.1, 0.15) is 5.75 Å². The quantitative estimate of drug-likeness (QED) is 0.554. The van der Waals surface area contributed by atoms with Crippen molar-refractivity contribution in [2.24, 2.45) is 0 Å². The van der Waals surface area contributed by atoms with Gasteiger partial charge in [-0.1, -0.05) is 38.1 Å². The van der Waals surface area contributed by atoms with E-state index in [1.54, 1.807) is 12.1 Å². The first-order valence-corrected chi connectivity index (χ1v) is 7.48. The van der Waals surface area contributed by atoms with Crippen molar-refractivity contribution in [1.82, 2.24) is 0 Å². The maximum Gasteiger partial charge on any atom is 0.341 e. The molecule has 0 fully saturated rings. The summed E-state index contributed by atoms with van der Waals surface area (Å²) in [4.78, 5) is 23.5. The number of ketones is 1. The molecular weight excluding hydrogens is 308 g/mol. The first-order chi connectivity index (χ1) is 11.3. The van der Waals surface area contributed by atoms with Crippen molar-refractivity contribution in [3.8, 4) is 5.75 Å². The molecule has 0 saturated heterocycles. The van der Waals surface area contributed by atoms with E-state index in [1.165, 1.54) is 12.1 Å². The molecule has 0 saturated carbocycles. The van der Waals surface area contributed by atoms with E-state index in [-0.39, 0.29) is 28.5 Å². The van der Waals surface area contributed by atoms with E-state index >= 15 is 0 Å². The number of rotatable bonds is 6.